The highest BCUT2D eigenvalue weighted by Crippen LogP contribution is 2.27. The van der Waals surface area contributed by atoms with E-state index in [9.17, 15) is 5.11 Å². The van der Waals surface area contributed by atoms with Crippen molar-refractivity contribution in [3.05, 3.63) is 48.0 Å². The number of thiazole rings is 1. The second-order valence-electron chi connectivity index (χ2n) is 3.69. The fourth-order valence-corrected chi connectivity index (χ4v) is 2.26. The van der Waals surface area contributed by atoms with Crippen LogP contribution in [-0.4, -0.2) is 10.1 Å². The van der Waals surface area contributed by atoms with Gasteiger partial charge in [0, 0.05) is 11.1 Å². The minimum absolute atomic E-state index is 0.246. The first-order valence-electron chi connectivity index (χ1n) is 5.37. The molecule has 90 valence electrons. The molecule has 0 aliphatic heterocycles. The minimum Gasteiger partial charge on any atom is -0.508 e. The Morgan fingerprint density at radius 1 is 1.17 bits per heavy atom. The van der Waals surface area contributed by atoms with E-state index in [2.05, 4.69) is 10.3 Å². The summed E-state index contributed by atoms with van der Waals surface area (Å²) in [5, 5.41) is 15.1. The number of nitrogens with zero attached hydrogens (tertiary/aromatic N) is 1. The molecule has 0 fully saturated rings. The summed E-state index contributed by atoms with van der Waals surface area (Å²) in [6, 6.07) is 10.6. The summed E-state index contributed by atoms with van der Waals surface area (Å²) in [5.74, 6) is 1.00. The molecular formula is C13H10N2O2S. The van der Waals surface area contributed by atoms with Gasteiger partial charge in [-0.05, 0) is 36.4 Å². The van der Waals surface area contributed by atoms with Crippen molar-refractivity contribution in [2.45, 2.75) is 0 Å². The van der Waals surface area contributed by atoms with Gasteiger partial charge in [0.15, 0.2) is 10.9 Å². The molecule has 0 radical (unpaired) electrons. The average molecular weight is 258 g/mol. The second-order valence-corrected chi connectivity index (χ2v) is 4.55. The summed E-state index contributed by atoms with van der Waals surface area (Å²) in [6.45, 7) is 0. The molecule has 5 heteroatoms. The fraction of sp³-hybridized carbons (Fsp3) is 0. The lowest BCUT2D eigenvalue weighted by Crippen LogP contribution is -1.88. The Balaban J connectivity index is 1.80. The fourth-order valence-electron chi connectivity index (χ4n) is 1.54. The van der Waals surface area contributed by atoms with Gasteiger partial charge in [-0.3, -0.25) is 0 Å². The summed E-state index contributed by atoms with van der Waals surface area (Å²) < 4.78 is 5.28. The van der Waals surface area contributed by atoms with E-state index in [1.54, 1.807) is 30.5 Å². The normalized spacial score (nSPS) is 10.4. The molecule has 2 heterocycles. The highest BCUT2D eigenvalue weighted by Gasteiger charge is 2.06. The first-order valence-corrected chi connectivity index (χ1v) is 6.25. The molecule has 0 bridgehead atoms. The quantitative estimate of drug-likeness (QED) is 0.700. The SMILES string of the molecule is Oc1ccc(Nc2nc(-c3ccco3)cs2)cc1. The van der Waals surface area contributed by atoms with Gasteiger partial charge in [-0.1, -0.05) is 0 Å². The molecule has 1 aromatic carbocycles. The van der Waals surface area contributed by atoms with Crippen molar-refractivity contribution in [3.63, 3.8) is 0 Å². The van der Waals surface area contributed by atoms with Crippen LogP contribution in [-0.2, 0) is 0 Å². The highest BCUT2D eigenvalue weighted by molar-refractivity contribution is 7.14. The van der Waals surface area contributed by atoms with Crippen LogP contribution in [0.3, 0.4) is 0 Å². The minimum atomic E-state index is 0.246. The predicted octanol–water partition coefficient (Wildman–Crippen LogP) is 3.85. The summed E-state index contributed by atoms with van der Waals surface area (Å²) in [6.07, 6.45) is 1.63. The number of phenolic OH excluding ortho intramolecular Hbond substituents is 1. The molecule has 0 unspecified atom stereocenters. The Bertz CT molecular complexity index is 629. The van der Waals surface area contributed by atoms with Crippen LogP contribution >= 0.6 is 11.3 Å². The lowest BCUT2D eigenvalue weighted by Gasteiger charge is -2.01. The monoisotopic (exact) mass is 258 g/mol. The Labute approximate surface area is 108 Å². The van der Waals surface area contributed by atoms with E-state index in [-0.39, 0.29) is 5.75 Å². The number of rotatable bonds is 3. The van der Waals surface area contributed by atoms with Gasteiger partial charge in [-0.15, -0.1) is 11.3 Å². The Morgan fingerprint density at radius 3 is 2.72 bits per heavy atom. The van der Waals surface area contributed by atoms with Crippen LogP contribution in [0, 0.1) is 0 Å². The van der Waals surface area contributed by atoms with E-state index < -0.39 is 0 Å². The van der Waals surface area contributed by atoms with Gasteiger partial charge in [0.1, 0.15) is 11.4 Å². The largest absolute Gasteiger partial charge is 0.508 e. The van der Waals surface area contributed by atoms with Crippen LogP contribution in [0.5, 0.6) is 5.75 Å². The number of furan rings is 1. The first kappa shape index (κ1) is 10.9. The molecule has 0 aliphatic carbocycles. The van der Waals surface area contributed by atoms with E-state index in [0.29, 0.717) is 0 Å². The summed E-state index contributed by atoms with van der Waals surface area (Å²) >= 11 is 1.50. The van der Waals surface area contributed by atoms with E-state index in [1.807, 2.05) is 17.5 Å². The average Bonchev–Trinajstić information content (AvgIpc) is 3.02. The third-order valence-corrected chi connectivity index (χ3v) is 3.15. The van der Waals surface area contributed by atoms with Crippen LogP contribution in [0.15, 0.2) is 52.5 Å². The highest BCUT2D eigenvalue weighted by atomic mass is 32.1. The maximum atomic E-state index is 9.20. The van der Waals surface area contributed by atoms with Crippen LogP contribution in [0.2, 0.25) is 0 Å². The third-order valence-electron chi connectivity index (χ3n) is 2.40. The zero-order valence-corrected chi connectivity index (χ0v) is 10.1. The molecule has 0 saturated carbocycles. The van der Waals surface area contributed by atoms with Gasteiger partial charge in [0.2, 0.25) is 0 Å². The van der Waals surface area contributed by atoms with Crippen molar-refractivity contribution < 1.29 is 9.52 Å². The molecule has 0 aliphatic rings. The number of aromatic hydroxyl groups is 1. The number of hydrogen-bond acceptors (Lipinski definition) is 5. The van der Waals surface area contributed by atoms with Crippen molar-refractivity contribution in [3.8, 4) is 17.2 Å². The maximum Gasteiger partial charge on any atom is 0.187 e. The van der Waals surface area contributed by atoms with Crippen molar-refractivity contribution in [1.82, 2.24) is 4.98 Å². The Kier molecular flexibility index (Phi) is 2.74. The van der Waals surface area contributed by atoms with Gasteiger partial charge >= 0.3 is 0 Å². The van der Waals surface area contributed by atoms with Crippen LogP contribution in [0.4, 0.5) is 10.8 Å². The first-order chi connectivity index (χ1) is 8.81. The summed E-state index contributed by atoms with van der Waals surface area (Å²) in [7, 11) is 0. The molecule has 4 nitrogen and oxygen atoms in total. The van der Waals surface area contributed by atoms with Gasteiger partial charge in [-0.2, -0.15) is 0 Å². The smallest absolute Gasteiger partial charge is 0.187 e. The lowest BCUT2D eigenvalue weighted by molar-refractivity contribution is 0.475. The summed E-state index contributed by atoms with van der Waals surface area (Å²) in [4.78, 5) is 4.42. The number of phenols is 1. The Morgan fingerprint density at radius 2 is 2.00 bits per heavy atom. The lowest BCUT2D eigenvalue weighted by atomic mass is 10.3. The van der Waals surface area contributed by atoms with E-state index in [0.717, 1.165) is 22.3 Å². The zero-order valence-electron chi connectivity index (χ0n) is 9.33. The number of nitrogens with one attached hydrogen (secondary N) is 1. The summed E-state index contributed by atoms with van der Waals surface area (Å²) in [5.41, 5.74) is 1.69. The second kappa shape index (κ2) is 4.54. The van der Waals surface area contributed by atoms with Crippen molar-refractivity contribution in [1.29, 1.82) is 0 Å². The zero-order chi connectivity index (χ0) is 12.4. The molecule has 0 spiro atoms. The van der Waals surface area contributed by atoms with Gasteiger partial charge in [0.05, 0.1) is 6.26 Å². The van der Waals surface area contributed by atoms with E-state index in [1.165, 1.54) is 11.3 Å². The number of aromatic nitrogens is 1. The topological polar surface area (TPSA) is 58.3 Å². The van der Waals surface area contributed by atoms with Gasteiger partial charge in [0.25, 0.3) is 0 Å². The number of hydrogen-bond donors (Lipinski definition) is 2. The van der Waals surface area contributed by atoms with E-state index >= 15 is 0 Å². The molecule has 0 amide bonds. The molecule has 0 atom stereocenters. The van der Waals surface area contributed by atoms with Crippen LogP contribution < -0.4 is 5.32 Å². The molecule has 0 saturated heterocycles. The number of anilines is 2. The van der Waals surface area contributed by atoms with Crippen LogP contribution in [0.25, 0.3) is 11.5 Å². The van der Waals surface area contributed by atoms with Crippen molar-refractivity contribution >= 4 is 22.2 Å². The van der Waals surface area contributed by atoms with Crippen molar-refractivity contribution in [2.24, 2.45) is 0 Å². The predicted molar refractivity (Wildman–Crippen MR) is 71.2 cm³/mol. The standard InChI is InChI=1S/C13H10N2O2S/c16-10-5-3-9(4-6-10)14-13-15-11(8-18-13)12-2-1-7-17-12/h1-8,16H,(H,14,15). The van der Waals surface area contributed by atoms with Gasteiger partial charge in [-0.25, -0.2) is 4.98 Å². The van der Waals surface area contributed by atoms with Crippen molar-refractivity contribution in [2.75, 3.05) is 5.32 Å². The molecule has 3 rings (SSSR count). The maximum absolute atomic E-state index is 9.20. The van der Waals surface area contributed by atoms with Crippen LogP contribution in [0.1, 0.15) is 0 Å². The molecule has 18 heavy (non-hydrogen) atoms. The molecule has 2 aromatic heterocycles. The van der Waals surface area contributed by atoms with Gasteiger partial charge < -0.3 is 14.8 Å². The molecular weight excluding hydrogens is 248 g/mol. The molecule has 3 aromatic rings. The number of benzene rings is 1. The van der Waals surface area contributed by atoms with E-state index in [4.69, 9.17) is 4.42 Å². The molecule has 2 N–H and O–H groups in total. The Hall–Kier alpha value is -2.27. The third kappa shape index (κ3) is 2.21.